The molecule has 0 aliphatic rings. The number of carbonyl (C=O) groups is 1. The molecule has 4 aromatic rings. The van der Waals surface area contributed by atoms with Crippen molar-refractivity contribution >= 4 is 40.0 Å². The van der Waals surface area contributed by atoms with Crippen molar-refractivity contribution in [3.63, 3.8) is 0 Å². The zero-order chi connectivity index (χ0) is 20.2. The Kier molecular flexibility index (Phi) is 5.22. The summed E-state index contributed by atoms with van der Waals surface area (Å²) in [6.45, 7) is 0. The average molecular weight is 403 g/mol. The molecule has 0 bridgehead atoms. The Morgan fingerprint density at radius 3 is 2.55 bits per heavy atom. The fraction of sp³-hybridized carbons (Fsp3) is 0.0455. The molecule has 3 aromatic carbocycles. The summed E-state index contributed by atoms with van der Waals surface area (Å²) in [5.74, 6) is 0.759. The maximum atomic E-state index is 12.3. The van der Waals surface area contributed by atoms with Crippen molar-refractivity contribution in [2.24, 2.45) is 0 Å². The van der Waals surface area contributed by atoms with Gasteiger partial charge in [0.05, 0.1) is 12.8 Å². The van der Waals surface area contributed by atoms with Gasteiger partial charge in [-0.05, 0) is 54.7 Å². The first-order valence-corrected chi connectivity index (χ1v) is 9.26. The molecule has 2 N–H and O–H groups in total. The number of fused-ring (bicyclic) bond motifs is 1. The zero-order valence-electron chi connectivity index (χ0n) is 15.5. The summed E-state index contributed by atoms with van der Waals surface area (Å²) in [5.41, 5.74) is 3.34. The van der Waals surface area contributed by atoms with Gasteiger partial charge >= 0.3 is 0 Å². The molecule has 0 saturated heterocycles. The molecule has 1 heterocycles. The molecule has 1 amide bonds. The third-order valence-electron chi connectivity index (χ3n) is 4.25. The number of rotatable bonds is 4. The van der Waals surface area contributed by atoms with Crippen LogP contribution in [-0.2, 0) is 0 Å². The van der Waals surface area contributed by atoms with Gasteiger partial charge in [-0.3, -0.25) is 10.1 Å². The molecule has 1 aromatic heterocycles. The molecule has 0 unspecified atom stereocenters. The van der Waals surface area contributed by atoms with Crippen molar-refractivity contribution in [1.29, 1.82) is 0 Å². The molecule has 29 heavy (non-hydrogen) atoms. The minimum Gasteiger partial charge on any atom is -0.495 e. The van der Waals surface area contributed by atoms with Crippen LogP contribution in [0, 0.1) is 0 Å². The number of carbonyl (C=O) groups excluding carboxylic acids is 1. The van der Waals surface area contributed by atoms with E-state index in [1.54, 1.807) is 37.4 Å². The third-order valence-corrected chi connectivity index (χ3v) is 4.46. The van der Waals surface area contributed by atoms with Crippen LogP contribution in [0.15, 0.2) is 77.2 Å². The maximum Gasteiger partial charge on any atom is 0.257 e. The minimum absolute atomic E-state index is 0.159. The summed E-state index contributed by atoms with van der Waals surface area (Å²) in [5, 5.41) is 5.83. The number of anilines is 1. The number of ether oxygens (including phenoxy) is 1. The smallest absolute Gasteiger partial charge is 0.257 e. The highest BCUT2D eigenvalue weighted by Crippen LogP contribution is 2.31. The quantitative estimate of drug-likeness (QED) is 0.484. The number of nitrogens with zero attached hydrogens (tertiary/aromatic N) is 1. The monoisotopic (exact) mass is 403 g/mol. The van der Waals surface area contributed by atoms with E-state index >= 15 is 0 Å². The van der Waals surface area contributed by atoms with Crippen LogP contribution in [0.25, 0.3) is 22.6 Å². The predicted molar refractivity (Wildman–Crippen MR) is 116 cm³/mol. The van der Waals surface area contributed by atoms with Gasteiger partial charge in [0.15, 0.2) is 10.7 Å². The maximum absolute atomic E-state index is 12.3. The summed E-state index contributed by atoms with van der Waals surface area (Å²) in [4.78, 5) is 16.8. The lowest BCUT2D eigenvalue weighted by Crippen LogP contribution is -2.34. The lowest BCUT2D eigenvalue weighted by Gasteiger charge is -2.13. The van der Waals surface area contributed by atoms with Gasteiger partial charge in [0, 0.05) is 11.1 Å². The topological polar surface area (TPSA) is 76.4 Å². The highest BCUT2D eigenvalue weighted by Gasteiger charge is 2.13. The molecule has 4 rings (SSSR count). The molecule has 0 radical (unpaired) electrons. The number of hydrogen-bond donors (Lipinski definition) is 2. The van der Waals surface area contributed by atoms with Gasteiger partial charge in [-0.2, -0.15) is 0 Å². The van der Waals surface area contributed by atoms with Crippen LogP contribution in [0.4, 0.5) is 5.69 Å². The van der Waals surface area contributed by atoms with Gasteiger partial charge in [0.1, 0.15) is 11.3 Å². The Balaban J connectivity index is 1.57. The van der Waals surface area contributed by atoms with E-state index in [1.807, 2.05) is 42.5 Å². The molecular weight excluding hydrogens is 386 g/mol. The van der Waals surface area contributed by atoms with Crippen LogP contribution in [0.3, 0.4) is 0 Å². The van der Waals surface area contributed by atoms with E-state index in [4.69, 9.17) is 21.4 Å². The van der Waals surface area contributed by atoms with E-state index < -0.39 is 0 Å². The second-order valence-corrected chi connectivity index (χ2v) is 6.58. The van der Waals surface area contributed by atoms with Crippen molar-refractivity contribution in [3.8, 4) is 17.2 Å². The van der Waals surface area contributed by atoms with Crippen molar-refractivity contribution in [2.45, 2.75) is 0 Å². The van der Waals surface area contributed by atoms with Gasteiger partial charge in [-0.25, -0.2) is 4.98 Å². The second kappa shape index (κ2) is 8.12. The minimum atomic E-state index is -0.294. The molecule has 0 aliphatic carbocycles. The van der Waals surface area contributed by atoms with E-state index in [-0.39, 0.29) is 11.0 Å². The Hall–Kier alpha value is -3.71. The fourth-order valence-corrected chi connectivity index (χ4v) is 3.06. The number of benzene rings is 3. The van der Waals surface area contributed by atoms with Crippen LogP contribution < -0.4 is 15.4 Å². The molecule has 0 spiro atoms. The van der Waals surface area contributed by atoms with Crippen molar-refractivity contribution in [1.82, 2.24) is 10.3 Å². The van der Waals surface area contributed by atoms with Crippen LogP contribution in [0.2, 0.25) is 0 Å². The lowest BCUT2D eigenvalue weighted by atomic mass is 10.2. The van der Waals surface area contributed by atoms with Crippen LogP contribution in [-0.4, -0.2) is 23.1 Å². The molecule has 0 fully saturated rings. The summed E-state index contributed by atoms with van der Waals surface area (Å²) in [7, 11) is 1.56. The van der Waals surface area contributed by atoms with Gasteiger partial charge in [0.2, 0.25) is 5.89 Å². The van der Waals surface area contributed by atoms with Crippen LogP contribution >= 0.6 is 12.2 Å². The summed E-state index contributed by atoms with van der Waals surface area (Å²) in [6, 6.07) is 21.8. The van der Waals surface area contributed by atoms with Crippen LogP contribution in [0.1, 0.15) is 10.4 Å². The molecule has 0 atom stereocenters. The Morgan fingerprint density at radius 2 is 1.79 bits per heavy atom. The molecular formula is C22H17N3O3S. The summed E-state index contributed by atoms with van der Waals surface area (Å²) < 4.78 is 11.2. The van der Waals surface area contributed by atoms with Crippen molar-refractivity contribution in [2.75, 3.05) is 12.4 Å². The normalized spacial score (nSPS) is 10.5. The SMILES string of the molecule is COc1ccc(-c2nc3ccccc3o2)cc1NC(=S)NC(=O)c1ccccc1. The summed E-state index contributed by atoms with van der Waals surface area (Å²) >= 11 is 5.29. The largest absolute Gasteiger partial charge is 0.495 e. The van der Waals surface area contributed by atoms with E-state index in [9.17, 15) is 4.79 Å². The first-order valence-electron chi connectivity index (χ1n) is 8.85. The Morgan fingerprint density at radius 1 is 1.03 bits per heavy atom. The molecule has 0 aliphatic heterocycles. The molecule has 144 valence electrons. The number of para-hydroxylation sites is 2. The fourth-order valence-electron chi connectivity index (χ4n) is 2.85. The third kappa shape index (κ3) is 4.09. The first-order chi connectivity index (χ1) is 14.1. The number of methoxy groups -OCH3 is 1. The van der Waals surface area contributed by atoms with Crippen molar-refractivity contribution in [3.05, 3.63) is 78.4 Å². The summed E-state index contributed by atoms with van der Waals surface area (Å²) in [6.07, 6.45) is 0. The number of thiocarbonyl (C=S) groups is 1. The van der Waals surface area contributed by atoms with Gasteiger partial charge in [0.25, 0.3) is 5.91 Å². The molecule has 0 saturated carbocycles. The van der Waals surface area contributed by atoms with Crippen molar-refractivity contribution < 1.29 is 13.9 Å². The average Bonchev–Trinajstić information content (AvgIpc) is 3.18. The molecule has 7 heteroatoms. The number of hydrogen-bond acceptors (Lipinski definition) is 5. The lowest BCUT2D eigenvalue weighted by molar-refractivity contribution is 0.0977. The number of amides is 1. The molecule has 6 nitrogen and oxygen atoms in total. The van der Waals surface area contributed by atoms with E-state index in [0.29, 0.717) is 28.5 Å². The highest BCUT2D eigenvalue weighted by atomic mass is 32.1. The predicted octanol–water partition coefficient (Wildman–Crippen LogP) is 4.63. The van der Waals surface area contributed by atoms with Crippen LogP contribution in [0.5, 0.6) is 5.75 Å². The Bertz CT molecular complexity index is 1160. The first kappa shape index (κ1) is 18.6. The number of aromatic nitrogens is 1. The van der Waals surface area contributed by atoms with E-state index in [0.717, 1.165) is 11.1 Å². The number of nitrogens with one attached hydrogen (secondary N) is 2. The second-order valence-electron chi connectivity index (χ2n) is 6.18. The number of oxazole rings is 1. The highest BCUT2D eigenvalue weighted by molar-refractivity contribution is 7.80. The van der Waals surface area contributed by atoms with E-state index in [2.05, 4.69) is 15.6 Å². The Labute approximate surface area is 172 Å². The van der Waals surface area contributed by atoms with Gasteiger partial charge < -0.3 is 14.5 Å². The van der Waals surface area contributed by atoms with Gasteiger partial charge in [-0.1, -0.05) is 30.3 Å². The zero-order valence-corrected chi connectivity index (χ0v) is 16.3. The standard InChI is InChI=1S/C22H17N3O3S/c1-27-18-12-11-15(21-23-16-9-5-6-10-19(16)28-21)13-17(18)24-22(29)25-20(26)14-7-3-2-4-8-14/h2-13H,1H3,(H2,24,25,26,29). The van der Waals surface area contributed by atoms with E-state index in [1.165, 1.54) is 0 Å². The van der Waals surface area contributed by atoms with Gasteiger partial charge in [-0.15, -0.1) is 0 Å².